The van der Waals surface area contributed by atoms with Gasteiger partial charge in [0.05, 0.1) is 6.61 Å². The molecule has 3 N–H and O–H groups in total. The van der Waals surface area contributed by atoms with Crippen molar-refractivity contribution < 1.29 is 4.74 Å². The molecule has 0 amide bonds. The molecule has 0 saturated carbocycles. The third-order valence-electron chi connectivity index (χ3n) is 4.18. The minimum Gasteiger partial charge on any atom is -0.493 e. The fourth-order valence-corrected chi connectivity index (χ4v) is 3.15. The van der Waals surface area contributed by atoms with Gasteiger partial charge in [-0.05, 0) is 56.1 Å². The maximum Gasteiger partial charge on any atom is 0.127 e. The van der Waals surface area contributed by atoms with Gasteiger partial charge in [-0.25, -0.2) is 0 Å². The maximum absolute atomic E-state index is 6.36. The Morgan fingerprint density at radius 3 is 2.74 bits per heavy atom. The molecular formula is C20H24N2O. The van der Waals surface area contributed by atoms with Crippen molar-refractivity contribution in [3.8, 4) is 16.9 Å². The van der Waals surface area contributed by atoms with Crippen LogP contribution in [0.4, 0.5) is 5.69 Å². The number of ether oxygens (including phenoxy) is 1. The Hall–Kier alpha value is -2.26. The molecule has 0 aliphatic carbocycles. The van der Waals surface area contributed by atoms with Crippen LogP contribution in [-0.2, 0) is 0 Å². The van der Waals surface area contributed by atoms with Crippen LogP contribution in [0.3, 0.4) is 0 Å². The summed E-state index contributed by atoms with van der Waals surface area (Å²) in [5, 5.41) is 3.44. The van der Waals surface area contributed by atoms with Crippen LogP contribution < -0.4 is 15.8 Å². The van der Waals surface area contributed by atoms with Gasteiger partial charge < -0.3 is 15.8 Å². The number of para-hydroxylation sites is 1. The lowest BCUT2D eigenvalue weighted by Gasteiger charge is -2.17. The summed E-state index contributed by atoms with van der Waals surface area (Å²) in [6, 6.07) is 14.3. The second-order valence-electron chi connectivity index (χ2n) is 5.72. The minimum atomic E-state index is 0.654. The van der Waals surface area contributed by atoms with Gasteiger partial charge in [0, 0.05) is 16.8 Å². The van der Waals surface area contributed by atoms with Gasteiger partial charge in [0.15, 0.2) is 0 Å². The van der Waals surface area contributed by atoms with Crippen molar-refractivity contribution in [1.82, 2.24) is 5.32 Å². The summed E-state index contributed by atoms with van der Waals surface area (Å²) < 4.78 is 5.83. The highest BCUT2D eigenvalue weighted by atomic mass is 16.5. The van der Waals surface area contributed by atoms with E-state index in [0.29, 0.717) is 6.61 Å². The smallest absolute Gasteiger partial charge is 0.127 e. The lowest BCUT2D eigenvalue weighted by Crippen LogP contribution is -2.14. The molecule has 0 saturated heterocycles. The van der Waals surface area contributed by atoms with Gasteiger partial charge in [-0.1, -0.05) is 36.4 Å². The van der Waals surface area contributed by atoms with Crippen molar-refractivity contribution in [2.75, 3.05) is 25.4 Å². The predicted molar refractivity (Wildman–Crippen MR) is 97.5 cm³/mol. The van der Waals surface area contributed by atoms with Gasteiger partial charge >= 0.3 is 0 Å². The number of hydrogen-bond donors (Lipinski definition) is 2. The molecule has 0 aromatic heterocycles. The van der Waals surface area contributed by atoms with Crippen LogP contribution in [-0.4, -0.2) is 19.7 Å². The van der Waals surface area contributed by atoms with Crippen LogP contribution in [0.25, 0.3) is 16.7 Å². The SMILES string of the molecule is CCOc1ccccc1-c1cccc(N)c1C1=CCCNCC1. The molecule has 0 radical (unpaired) electrons. The molecule has 0 atom stereocenters. The Morgan fingerprint density at radius 1 is 1.04 bits per heavy atom. The molecule has 1 aliphatic rings. The van der Waals surface area contributed by atoms with Crippen LogP contribution in [0.15, 0.2) is 48.5 Å². The van der Waals surface area contributed by atoms with Crippen molar-refractivity contribution in [3.05, 3.63) is 54.1 Å². The van der Waals surface area contributed by atoms with Crippen LogP contribution in [0, 0.1) is 0 Å². The molecular weight excluding hydrogens is 284 g/mol. The van der Waals surface area contributed by atoms with Crippen molar-refractivity contribution in [3.63, 3.8) is 0 Å². The normalized spacial score (nSPS) is 14.9. The number of nitrogens with one attached hydrogen (secondary N) is 1. The Balaban J connectivity index is 2.14. The van der Waals surface area contributed by atoms with Gasteiger partial charge in [-0.2, -0.15) is 0 Å². The Kier molecular flexibility index (Phi) is 4.99. The Bertz CT molecular complexity index is 707. The van der Waals surface area contributed by atoms with E-state index in [1.165, 1.54) is 5.57 Å². The summed E-state index contributed by atoms with van der Waals surface area (Å²) in [6.07, 6.45) is 4.35. The lowest BCUT2D eigenvalue weighted by atomic mass is 9.90. The first-order chi connectivity index (χ1) is 11.3. The molecule has 3 heteroatoms. The number of anilines is 1. The molecule has 2 aromatic carbocycles. The molecule has 3 rings (SSSR count). The van der Waals surface area contributed by atoms with Crippen LogP contribution in [0.1, 0.15) is 25.3 Å². The summed E-state index contributed by atoms with van der Waals surface area (Å²) in [7, 11) is 0. The molecule has 2 aromatic rings. The lowest BCUT2D eigenvalue weighted by molar-refractivity contribution is 0.341. The van der Waals surface area contributed by atoms with Gasteiger partial charge in [0.1, 0.15) is 5.75 Å². The molecule has 1 heterocycles. The highest BCUT2D eigenvalue weighted by Gasteiger charge is 2.16. The molecule has 1 aliphatic heterocycles. The van der Waals surface area contributed by atoms with Crippen LogP contribution in [0.5, 0.6) is 5.75 Å². The summed E-state index contributed by atoms with van der Waals surface area (Å²) in [4.78, 5) is 0. The first kappa shape index (κ1) is 15.6. The summed E-state index contributed by atoms with van der Waals surface area (Å²) in [5.74, 6) is 0.911. The van der Waals surface area contributed by atoms with E-state index in [9.17, 15) is 0 Å². The highest BCUT2D eigenvalue weighted by molar-refractivity contribution is 5.89. The standard InChI is InChI=1S/C20H24N2O/c1-2-23-19-11-4-3-8-16(19)17-9-5-10-18(21)20(17)15-7-6-13-22-14-12-15/h3-5,7-11,22H,2,6,12-14,21H2,1H3. The summed E-state index contributed by atoms with van der Waals surface area (Å²) in [5.41, 5.74) is 11.9. The molecule has 23 heavy (non-hydrogen) atoms. The second-order valence-corrected chi connectivity index (χ2v) is 5.72. The number of nitrogen functional groups attached to an aromatic ring is 1. The van der Waals surface area contributed by atoms with Gasteiger partial charge in [-0.15, -0.1) is 0 Å². The first-order valence-corrected chi connectivity index (χ1v) is 8.32. The number of benzene rings is 2. The van der Waals surface area contributed by atoms with E-state index in [-0.39, 0.29) is 0 Å². The monoisotopic (exact) mass is 308 g/mol. The molecule has 0 fully saturated rings. The summed E-state index contributed by atoms with van der Waals surface area (Å²) in [6.45, 7) is 4.69. The van der Waals surface area contributed by atoms with Crippen LogP contribution in [0.2, 0.25) is 0 Å². The van der Waals surface area contributed by atoms with E-state index < -0.39 is 0 Å². The van der Waals surface area contributed by atoms with E-state index in [0.717, 1.165) is 54.1 Å². The fraction of sp³-hybridized carbons (Fsp3) is 0.300. The zero-order chi connectivity index (χ0) is 16.1. The van der Waals surface area contributed by atoms with Crippen LogP contribution >= 0.6 is 0 Å². The van der Waals surface area contributed by atoms with Crippen molar-refractivity contribution in [1.29, 1.82) is 0 Å². The van der Waals surface area contributed by atoms with Crippen molar-refractivity contribution in [2.45, 2.75) is 19.8 Å². The molecule has 3 nitrogen and oxygen atoms in total. The second kappa shape index (κ2) is 7.34. The maximum atomic E-state index is 6.36. The molecule has 0 bridgehead atoms. The molecule has 120 valence electrons. The van der Waals surface area contributed by atoms with Gasteiger partial charge in [0.2, 0.25) is 0 Å². The van der Waals surface area contributed by atoms with Gasteiger partial charge in [0.25, 0.3) is 0 Å². The van der Waals surface area contributed by atoms with E-state index in [1.807, 2.05) is 37.3 Å². The van der Waals surface area contributed by atoms with E-state index in [4.69, 9.17) is 10.5 Å². The first-order valence-electron chi connectivity index (χ1n) is 8.32. The average Bonchev–Trinajstić information content (AvgIpc) is 2.84. The topological polar surface area (TPSA) is 47.3 Å². The molecule has 0 spiro atoms. The molecule has 0 unspecified atom stereocenters. The van der Waals surface area contributed by atoms with Gasteiger partial charge in [-0.3, -0.25) is 0 Å². The van der Waals surface area contributed by atoms with E-state index >= 15 is 0 Å². The average molecular weight is 308 g/mol. The van der Waals surface area contributed by atoms with E-state index in [1.54, 1.807) is 0 Å². The van der Waals surface area contributed by atoms with Crippen molar-refractivity contribution in [2.24, 2.45) is 0 Å². The van der Waals surface area contributed by atoms with Crippen molar-refractivity contribution >= 4 is 11.3 Å². The quantitative estimate of drug-likeness (QED) is 0.836. The number of hydrogen-bond acceptors (Lipinski definition) is 3. The third kappa shape index (κ3) is 3.40. The fourth-order valence-electron chi connectivity index (χ4n) is 3.15. The third-order valence-corrected chi connectivity index (χ3v) is 4.18. The Labute approximate surface area is 138 Å². The highest BCUT2D eigenvalue weighted by Crippen LogP contribution is 2.39. The summed E-state index contributed by atoms with van der Waals surface area (Å²) >= 11 is 0. The minimum absolute atomic E-state index is 0.654. The zero-order valence-corrected chi connectivity index (χ0v) is 13.6. The largest absolute Gasteiger partial charge is 0.493 e. The number of rotatable bonds is 4. The Morgan fingerprint density at radius 2 is 1.87 bits per heavy atom. The zero-order valence-electron chi connectivity index (χ0n) is 13.6. The number of nitrogens with two attached hydrogens (primary N) is 1. The van der Waals surface area contributed by atoms with E-state index in [2.05, 4.69) is 23.5 Å². The predicted octanol–water partition coefficient (Wildman–Crippen LogP) is 4.10.